The predicted octanol–water partition coefficient (Wildman–Crippen LogP) is 3.06. The number of halogens is 1. The molecule has 22 heavy (non-hydrogen) atoms. The first kappa shape index (κ1) is 15.1. The summed E-state index contributed by atoms with van der Waals surface area (Å²) in [6, 6.07) is 8.19. The molecule has 0 amide bonds. The monoisotopic (exact) mass is 317 g/mol. The number of hydrogen-bond donors (Lipinski definition) is 3. The van der Waals surface area contributed by atoms with Crippen LogP contribution in [0.4, 0.5) is 11.6 Å². The molecule has 1 aliphatic carbocycles. The van der Waals surface area contributed by atoms with Crippen LogP contribution in [-0.2, 0) is 0 Å². The van der Waals surface area contributed by atoms with Gasteiger partial charge in [0.1, 0.15) is 11.6 Å². The van der Waals surface area contributed by atoms with Gasteiger partial charge in [-0.05, 0) is 43.9 Å². The third kappa shape index (κ3) is 3.48. The maximum absolute atomic E-state index is 6.26. The lowest BCUT2D eigenvalue weighted by atomic mass is 9.92. The van der Waals surface area contributed by atoms with Crippen molar-refractivity contribution in [2.45, 2.75) is 37.8 Å². The second-order valence-corrected chi connectivity index (χ2v) is 6.16. The highest BCUT2D eigenvalue weighted by atomic mass is 35.5. The van der Waals surface area contributed by atoms with Gasteiger partial charge in [0.15, 0.2) is 0 Å². The molecule has 0 aromatic carbocycles. The molecule has 1 saturated carbocycles. The summed E-state index contributed by atoms with van der Waals surface area (Å²) in [4.78, 5) is 8.69. The highest BCUT2D eigenvalue weighted by Gasteiger charge is 2.19. The van der Waals surface area contributed by atoms with E-state index in [1.54, 1.807) is 12.3 Å². The molecule has 1 aliphatic rings. The smallest absolute Gasteiger partial charge is 0.126 e. The Morgan fingerprint density at radius 2 is 1.95 bits per heavy atom. The molecule has 6 heteroatoms. The minimum absolute atomic E-state index is 0.336. The molecule has 3 rings (SSSR count). The molecule has 0 spiro atoms. The maximum atomic E-state index is 6.26. The molecular weight excluding hydrogens is 298 g/mol. The van der Waals surface area contributed by atoms with Crippen molar-refractivity contribution < 1.29 is 0 Å². The Bertz CT molecular complexity index is 653. The van der Waals surface area contributed by atoms with Crippen molar-refractivity contribution in [3.05, 3.63) is 35.5 Å². The van der Waals surface area contributed by atoms with Gasteiger partial charge in [-0.15, -0.1) is 0 Å². The maximum Gasteiger partial charge on any atom is 0.126 e. The molecule has 2 aromatic rings. The molecule has 0 unspecified atom stereocenters. The standard InChI is InChI=1S/C16H20ClN5/c17-13-9-20-16(21-11-6-4-10(18)5-7-11)8-12(13)14-2-1-3-15(19)22-14/h1-3,8-11H,4-7,18H2,(H2,19,22)(H,20,21). The van der Waals surface area contributed by atoms with E-state index in [0.717, 1.165) is 42.8 Å². The highest BCUT2D eigenvalue weighted by molar-refractivity contribution is 6.33. The van der Waals surface area contributed by atoms with E-state index in [1.807, 2.05) is 18.2 Å². The Hall–Kier alpha value is -1.85. The first-order chi connectivity index (χ1) is 10.6. The van der Waals surface area contributed by atoms with Crippen molar-refractivity contribution >= 4 is 23.2 Å². The first-order valence-corrected chi connectivity index (χ1v) is 7.90. The van der Waals surface area contributed by atoms with Crippen molar-refractivity contribution in [2.75, 3.05) is 11.1 Å². The number of aromatic nitrogens is 2. The summed E-state index contributed by atoms with van der Waals surface area (Å²) in [6.45, 7) is 0. The lowest BCUT2D eigenvalue weighted by molar-refractivity contribution is 0.410. The quantitative estimate of drug-likeness (QED) is 0.809. The number of anilines is 2. The number of nitrogens with two attached hydrogens (primary N) is 2. The van der Waals surface area contributed by atoms with Crippen LogP contribution in [0.2, 0.25) is 5.02 Å². The van der Waals surface area contributed by atoms with Crippen LogP contribution in [0.25, 0.3) is 11.3 Å². The van der Waals surface area contributed by atoms with Gasteiger partial charge >= 0.3 is 0 Å². The largest absolute Gasteiger partial charge is 0.384 e. The SMILES string of the molecule is Nc1cccc(-c2cc(NC3CCC(N)CC3)ncc2Cl)n1. The Morgan fingerprint density at radius 1 is 1.18 bits per heavy atom. The second-order valence-electron chi connectivity index (χ2n) is 5.75. The van der Waals surface area contributed by atoms with Crippen LogP contribution in [0.1, 0.15) is 25.7 Å². The van der Waals surface area contributed by atoms with Crippen molar-refractivity contribution in [3.63, 3.8) is 0 Å². The molecular formula is C16H20ClN5. The van der Waals surface area contributed by atoms with E-state index < -0.39 is 0 Å². The first-order valence-electron chi connectivity index (χ1n) is 7.52. The summed E-state index contributed by atoms with van der Waals surface area (Å²) in [5.41, 5.74) is 13.3. The van der Waals surface area contributed by atoms with Gasteiger partial charge < -0.3 is 16.8 Å². The van der Waals surface area contributed by atoms with Gasteiger partial charge in [-0.1, -0.05) is 17.7 Å². The fourth-order valence-corrected chi connectivity index (χ4v) is 2.99. The molecule has 0 atom stereocenters. The average Bonchev–Trinajstić information content (AvgIpc) is 2.51. The van der Waals surface area contributed by atoms with E-state index in [4.69, 9.17) is 23.1 Å². The minimum atomic E-state index is 0.336. The third-order valence-corrected chi connectivity index (χ3v) is 4.33. The Kier molecular flexibility index (Phi) is 4.45. The summed E-state index contributed by atoms with van der Waals surface area (Å²) in [5, 5.41) is 4.03. The molecule has 5 N–H and O–H groups in total. The van der Waals surface area contributed by atoms with Crippen LogP contribution >= 0.6 is 11.6 Å². The molecule has 0 radical (unpaired) electrons. The zero-order chi connectivity index (χ0) is 15.5. The molecule has 0 saturated heterocycles. The van der Waals surface area contributed by atoms with Crippen molar-refractivity contribution in [1.29, 1.82) is 0 Å². The van der Waals surface area contributed by atoms with Crippen LogP contribution in [0, 0.1) is 0 Å². The zero-order valence-electron chi connectivity index (χ0n) is 12.3. The second kappa shape index (κ2) is 6.50. The van der Waals surface area contributed by atoms with Crippen LogP contribution < -0.4 is 16.8 Å². The molecule has 2 aromatic heterocycles. The van der Waals surface area contributed by atoms with E-state index in [-0.39, 0.29) is 0 Å². The summed E-state index contributed by atoms with van der Waals surface area (Å²) < 4.78 is 0. The lowest BCUT2D eigenvalue weighted by Gasteiger charge is -2.27. The van der Waals surface area contributed by atoms with Crippen LogP contribution in [0.3, 0.4) is 0 Å². The van der Waals surface area contributed by atoms with Gasteiger partial charge in [0.25, 0.3) is 0 Å². The van der Waals surface area contributed by atoms with E-state index in [9.17, 15) is 0 Å². The molecule has 5 nitrogen and oxygen atoms in total. The highest BCUT2D eigenvalue weighted by Crippen LogP contribution is 2.29. The van der Waals surface area contributed by atoms with Gasteiger partial charge in [0, 0.05) is 23.8 Å². The Balaban J connectivity index is 1.81. The number of nitrogens with one attached hydrogen (secondary N) is 1. The van der Waals surface area contributed by atoms with Gasteiger partial charge in [0.05, 0.1) is 10.7 Å². The Morgan fingerprint density at radius 3 is 2.68 bits per heavy atom. The zero-order valence-corrected chi connectivity index (χ0v) is 13.1. The summed E-state index contributed by atoms with van der Waals surface area (Å²) in [7, 11) is 0. The summed E-state index contributed by atoms with van der Waals surface area (Å²) in [5.74, 6) is 1.28. The number of rotatable bonds is 3. The molecule has 0 bridgehead atoms. The van der Waals surface area contributed by atoms with Gasteiger partial charge in [0.2, 0.25) is 0 Å². The average molecular weight is 318 g/mol. The fraction of sp³-hybridized carbons (Fsp3) is 0.375. The summed E-state index contributed by atoms with van der Waals surface area (Å²) in [6.07, 6.45) is 5.89. The number of nitrogen functional groups attached to an aromatic ring is 1. The molecule has 1 fully saturated rings. The van der Waals surface area contributed by atoms with E-state index in [1.165, 1.54) is 0 Å². The van der Waals surface area contributed by atoms with Crippen molar-refractivity contribution in [3.8, 4) is 11.3 Å². The molecule has 116 valence electrons. The lowest BCUT2D eigenvalue weighted by Crippen LogP contribution is -2.33. The number of pyridine rings is 2. The predicted molar refractivity (Wildman–Crippen MR) is 90.7 cm³/mol. The van der Waals surface area contributed by atoms with E-state index >= 15 is 0 Å². The van der Waals surface area contributed by atoms with Crippen LogP contribution in [0.15, 0.2) is 30.5 Å². The Labute approximate surface area is 135 Å². The molecule has 0 aliphatic heterocycles. The van der Waals surface area contributed by atoms with Gasteiger partial charge in [-0.3, -0.25) is 0 Å². The number of nitrogens with zero attached hydrogens (tertiary/aromatic N) is 2. The van der Waals surface area contributed by atoms with Crippen molar-refractivity contribution in [1.82, 2.24) is 9.97 Å². The van der Waals surface area contributed by atoms with Gasteiger partial charge in [-0.2, -0.15) is 0 Å². The van der Waals surface area contributed by atoms with Crippen LogP contribution in [-0.4, -0.2) is 22.1 Å². The fourth-order valence-electron chi connectivity index (χ4n) is 2.79. The van der Waals surface area contributed by atoms with E-state index in [2.05, 4.69) is 15.3 Å². The van der Waals surface area contributed by atoms with E-state index in [0.29, 0.717) is 22.9 Å². The number of hydrogen-bond acceptors (Lipinski definition) is 5. The van der Waals surface area contributed by atoms with Crippen molar-refractivity contribution in [2.24, 2.45) is 5.73 Å². The summed E-state index contributed by atoms with van der Waals surface area (Å²) >= 11 is 6.26. The topological polar surface area (TPSA) is 89.8 Å². The third-order valence-electron chi connectivity index (χ3n) is 4.03. The molecule has 2 heterocycles. The normalized spacial score (nSPS) is 21.5. The minimum Gasteiger partial charge on any atom is -0.384 e. The van der Waals surface area contributed by atoms with Gasteiger partial charge in [-0.25, -0.2) is 9.97 Å². The van der Waals surface area contributed by atoms with Crippen LogP contribution in [0.5, 0.6) is 0 Å².